The summed E-state index contributed by atoms with van der Waals surface area (Å²) >= 11 is 1.97. The maximum Gasteiger partial charge on any atom is 0.150 e. The van der Waals surface area contributed by atoms with Gasteiger partial charge in [0.05, 0.1) is 7.11 Å². The minimum absolute atomic E-state index is 0.362. The summed E-state index contributed by atoms with van der Waals surface area (Å²) in [5.74, 6) is 0.593. The normalized spacial score (nSPS) is 19.3. The molecule has 24 heavy (non-hydrogen) atoms. The molecule has 2 aliphatic heterocycles. The molecule has 0 unspecified atom stereocenters. The van der Waals surface area contributed by atoms with Crippen molar-refractivity contribution < 1.29 is 4.74 Å². The molecule has 1 aromatic carbocycles. The van der Waals surface area contributed by atoms with Gasteiger partial charge in [0.25, 0.3) is 0 Å². The van der Waals surface area contributed by atoms with Gasteiger partial charge in [0.2, 0.25) is 0 Å². The zero-order chi connectivity index (χ0) is 16.7. The van der Waals surface area contributed by atoms with E-state index in [1.165, 1.54) is 39.3 Å². The Morgan fingerprint density at radius 1 is 1.33 bits per heavy atom. The van der Waals surface area contributed by atoms with Gasteiger partial charge in [-0.2, -0.15) is 0 Å². The van der Waals surface area contributed by atoms with Crippen LogP contribution >= 0.6 is 11.3 Å². The summed E-state index contributed by atoms with van der Waals surface area (Å²) in [7, 11) is 1.60. The average Bonchev–Trinajstić information content (AvgIpc) is 3.00. The van der Waals surface area contributed by atoms with Crippen LogP contribution in [0.5, 0.6) is 5.75 Å². The summed E-state index contributed by atoms with van der Waals surface area (Å²) in [5, 5.41) is 3.17. The fraction of sp³-hybridized carbons (Fsp3) is 0.474. The number of nitroso groups, excluding NO2 is 1. The lowest BCUT2D eigenvalue weighted by Gasteiger charge is -2.40. The maximum atomic E-state index is 11.2. The van der Waals surface area contributed by atoms with E-state index in [0.29, 0.717) is 17.5 Å². The number of methoxy groups -OCH3 is 1. The molecule has 2 aliphatic rings. The van der Waals surface area contributed by atoms with Crippen molar-refractivity contribution >= 4 is 17.0 Å². The Labute approximate surface area is 146 Å². The third-order valence-corrected chi connectivity index (χ3v) is 6.46. The van der Waals surface area contributed by atoms with Crippen molar-refractivity contribution in [3.8, 4) is 5.75 Å². The van der Waals surface area contributed by atoms with Gasteiger partial charge in [0, 0.05) is 35.3 Å². The van der Waals surface area contributed by atoms with Crippen LogP contribution in [-0.2, 0) is 25.8 Å². The van der Waals surface area contributed by atoms with E-state index in [9.17, 15) is 4.91 Å². The molecule has 2 aromatic rings. The highest BCUT2D eigenvalue weighted by atomic mass is 32.1. The van der Waals surface area contributed by atoms with E-state index < -0.39 is 0 Å². The minimum Gasteiger partial charge on any atom is -0.494 e. The number of hydrogen-bond donors (Lipinski definition) is 0. The summed E-state index contributed by atoms with van der Waals surface area (Å²) in [6, 6.07) is 6.72. The maximum absolute atomic E-state index is 11.2. The Morgan fingerprint density at radius 3 is 2.96 bits per heavy atom. The van der Waals surface area contributed by atoms with Gasteiger partial charge < -0.3 is 4.74 Å². The van der Waals surface area contributed by atoms with Crippen molar-refractivity contribution in [3.63, 3.8) is 0 Å². The van der Waals surface area contributed by atoms with Crippen LogP contribution in [0.3, 0.4) is 0 Å². The molecule has 4 nitrogen and oxygen atoms in total. The molecular formula is C19H22N2O2S. The lowest BCUT2D eigenvalue weighted by molar-refractivity contribution is 0.162. The predicted molar refractivity (Wildman–Crippen MR) is 97.3 cm³/mol. The molecule has 4 rings (SSSR count). The second-order valence-electron chi connectivity index (χ2n) is 6.67. The number of hydrogen-bond acceptors (Lipinski definition) is 5. The summed E-state index contributed by atoms with van der Waals surface area (Å²) in [5.41, 5.74) is 4.48. The quantitative estimate of drug-likeness (QED) is 0.752. The number of rotatable bonds is 4. The lowest BCUT2D eigenvalue weighted by atomic mass is 9.86. The van der Waals surface area contributed by atoms with Gasteiger partial charge in [-0.1, -0.05) is 13.3 Å². The Balaban J connectivity index is 1.71. The van der Waals surface area contributed by atoms with Crippen LogP contribution < -0.4 is 4.74 Å². The zero-order valence-electron chi connectivity index (χ0n) is 14.2. The van der Waals surface area contributed by atoms with Crippen LogP contribution in [0, 0.1) is 4.91 Å². The van der Waals surface area contributed by atoms with Crippen LogP contribution in [0.1, 0.15) is 45.8 Å². The Morgan fingerprint density at radius 2 is 2.21 bits per heavy atom. The largest absolute Gasteiger partial charge is 0.494 e. The molecule has 0 radical (unpaired) electrons. The topological polar surface area (TPSA) is 41.9 Å². The van der Waals surface area contributed by atoms with Crippen molar-refractivity contribution in [2.75, 3.05) is 13.7 Å². The minimum atomic E-state index is 0.362. The summed E-state index contributed by atoms with van der Waals surface area (Å²) in [4.78, 5) is 16.7. The van der Waals surface area contributed by atoms with Crippen molar-refractivity contribution in [2.24, 2.45) is 5.18 Å². The number of nitrogens with zero attached hydrogens (tertiary/aromatic N) is 2. The summed E-state index contributed by atoms with van der Waals surface area (Å²) in [6.45, 7) is 4.32. The second kappa shape index (κ2) is 6.30. The van der Waals surface area contributed by atoms with Crippen LogP contribution in [0.25, 0.3) is 0 Å². The molecule has 0 bridgehead atoms. The van der Waals surface area contributed by atoms with Gasteiger partial charge in [-0.3, -0.25) is 4.90 Å². The Kier molecular flexibility index (Phi) is 4.14. The van der Waals surface area contributed by atoms with Crippen molar-refractivity contribution in [1.82, 2.24) is 4.90 Å². The molecule has 126 valence electrons. The molecule has 5 heteroatoms. The number of aryl methyl sites for hydroxylation is 1. The van der Waals surface area contributed by atoms with Crippen LogP contribution in [-0.4, -0.2) is 18.6 Å². The van der Waals surface area contributed by atoms with Gasteiger partial charge in [0.1, 0.15) is 11.4 Å². The first kappa shape index (κ1) is 15.8. The fourth-order valence-electron chi connectivity index (χ4n) is 4.03. The lowest BCUT2D eigenvalue weighted by Crippen LogP contribution is -2.38. The fourth-order valence-corrected chi connectivity index (χ4v) is 5.35. The molecule has 0 amide bonds. The molecule has 3 heterocycles. The first-order chi connectivity index (χ1) is 11.7. The number of thiophene rings is 1. The molecule has 0 N–H and O–H groups in total. The highest BCUT2D eigenvalue weighted by molar-refractivity contribution is 7.12. The Bertz CT molecular complexity index is 784. The smallest absolute Gasteiger partial charge is 0.150 e. The average molecular weight is 342 g/mol. The van der Waals surface area contributed by atoms with E-state index in [1.807, 2.05) is 23.5 Å². The van der Waals surface area contributed by atoms with E-state index >= 15 is 0 Å². The number of ether oxygens (including phenoxy) is 1. The van der Waals surface area contributed by atoms with Crippen molar-refractivity contribution in [2.45, 2.75) is 45.2 Å². The third-order valence-electron chi connectivity index (χ3n) is 5.20. The molecule has 0 spiro atoms. The number of benzene rings is 1. The molecule has 1 aromatic heterocycles. The first-order valence-corrected chi connectivity index (χ1v) is 9.43. The van der Waals surface area contributed by atoms with Crippen molar-refractivity contribution in [1.29, 1.82) is 0 Å². The van der Waals surface area contributed by atoms with Gasteiger partial charge >= 0.3 is 0 Å². The van der Waals surface area contributed by atoms with Crippen LogP contribution in [0.15, 0.2) is 23.4 Å². The number of fused-ring (bicyclic) bond motifs is 4. The predicted octanol–water partition coefficient (Wildman–Crippen LogP) is 4.76. The van der Waals surface area contributed by atoms with E-state index in [-0.39, 0.29) is 0 Å². The standard InChI is InChI=1S/C19H22N2O2S/c1-3-4-14-7-13-11-21-6-5-12-8-18(23-2)16(20-22)9-15(12)17(21)10-19(13)24-14/h7-9,17H,3-6,10-11H2,1-2H3/t17-/m0/s1. The highest BCUT2D eigenvalue weighted by Crippen LogP contribution is 2.44. The molecule has 0 fully saturated rings. The van der Waals surface area contributed by atoms with Crippen LogP contribution in [0.4, 0.5) is 5.69 Å². The molecule has 0 saturated carbocycles. The van der Waals surface area contributed by atoms with Gasteiger partial charge in [-0.15, -0.1) is 16.2 Å². The monoisotopic (exact) mass is 342 g/mol. The highest BCUT2D eigenvalue weighted by Gasteiger charge is 2.34. The van der Waals surface area contributed by atoms with E-state index in [2.05, 4.69) is 23.1 Å². The second-order valence-corrected chi connectivity index (χ2v) is 7.89. The molecule has 0 aliphatic carbocycles. The van der Waals surface area contributed by atoms with E-state index in [4.69, 9.17) is 4.74 Å². The van der Waals surface area contributed by atoms with E-state index in [0.717, 1.165) is 25.9 Å². The summed E-state index contributed by atoms with van der Waals surface area (Å²) < 4.78 is 5.32. The van der Waals surface area contributed by atoms with Gasteiger partial charge in [0.15, 0.2) is 0 Å². The Hall–Kier alpha value is -1.72. The third kappa shape index (κ3) is 2.56. The molecule has 0 saturated heterocycles. The zero-order valence-corrected chi connectivity index (χ0v) is 15.0. The summed E-state index contributed by atoms with van der Waals surface area (Å²) in [6.07, 6.45) is 4.42. The SMILES string of the molecule is CCCc1cc2c(s1)C[C@H]1c3cc(N=O)c(OC)cc3CCN1C2. The van der Waals surface area contributed by atoms with Gasteiger partial charge in [-0.05, 0) is 52.9 Å². The molecular weight excluding hydrogens is 320 g/mol. The van der Waals surface area contributed by atoms with Crippen molar-refractivity contribution in [3.05, 3.63) is 49.6 Å². The van der Waals surface area contributed by atoms with Crippen LogP contribution in [0.2, 0.25) is 0 Å². The first-order valence-electron chi connectivity index (χ1n) is 8.62. The van der Waals surface area contributed by atoms with Gasteiger partial charge in [-0.25, -0.2) is 0 Å². The molecule has 1 atom stereocenters. The van der Waals surface area contributed by atoms with E-state index in [1.54, 1.807) is 7.11 Å².